The summed E-state index contributed by atoms with van der Waals surface area (Å²) in [5.74, 6) is -0.226. The molecule has 0 aromatic carbocycles. The number of hydrogen-bond acceptors (Lipinski definition) is 3. The maximum atomic E-state index is 11.6. The quantitative estimate of drug-likeness (QED) is 0.740. The minimum absolute atomic E-state index is 0. The molecule has 0 aromatic heterocycles. The minimum Gasteiger partial charge on any atom is -0.346 e. The van der Waals surface area contributed by atoms with Gasteiger partial charge in [-0.25, -0.2) is 0 Å². The molecule has 0 aliphatic heterocycles. The molecular weight excluding hydrogens is 242 g/mol. The van der Waals surface area contributed by atoms with Gasteiger partial charge in [-0.2, -0.15) is 0 Å². The smallest absolute Gasteiger partial charge is 0.241 e. The van der Waals surface area contributed by atoms with E-state index in [2.05, 4.69) is 5.32 Å². The maximum Gasteiger partial charge on any atom is 0.241 e. The molecule has 1 fully saturated rings. The van der Waals surface area contributed by atoms with Crippen LogP contribution in [0, 0.1) is 5.92 Å². The maximum absolute atomic E-state index is 11.6. The van der Waals surface area contributed by atoms with E-state index in [0.717, 1.165) is 12.8 Å². The first kappa shape index (κ1) is 16.2. The molecule has 0 bridgehead atoms. The average molecular weight is 264 g/mol. The first-order valence-corrected chi connectivity index (χ1v) is 5.72. The van der Waals surface area contributed by atoms with Crippen molar-refractivity contribution >= 4 is 24.2 Å². The Bertz CT molecular complexity index is 260. The van der Waals surface area contributed by atoms with Gasteiger partial charge in [0.25, 0.3) is 0 Å². The molecule has 5 nitrogen and oxygen atoms in total. The molecular formula is C11H22ClN3O2. The van der Waals surface area contributed by atoms with Crippen LogP contribution in [0.5, 0.6) is 0 Å². The minimum atomic E-state index is -0.543. The van der Waals surface area contributed by atoms with Gasteiger partial charge in [0.2, 0.25) is 11.8 Å². The Kier molecular flexibility index (Phi) is 6.49. The van der Waals surface area contributed by atoms with Gasteiger partial charge in [0.15, 0.2) is 0 Å². The number of halogens is 1. The highest BCUT2D eigenvalue weighted by Crippen LogP contribution is 2.24. The number of nitrogens with two attached hydrogens (primary N) is 1. The number of nitrogens with zero attached hydrogens (tertiary/aromatic N) is 1. The zero-order valence-corrected chi connectivity index (χ0v) is 11.4. The predicted molar refractivity (Wildman–Crippen MR) is 68.9 cm³/mol. The highest BCUT2D eigenvalue weighted by atomic mass is 35.5. The summed E-state index contributed by atoms with van der Waals surface area (Å²) in [4.78, 5) is 24.8. The summed E-state index contributed by atoms with van der Waals surface area (Å²) in [6, 6.07) is -0.165. The molecule has 0 spiro atoms. The van der Waals surface area contributed by atoms with Crippen LogP contribution in [-0.4, -0.2) is 42.4 Å². The van der Waals surface area contributed by atoms with Gasteiger partial charge in [0.05, 0.1) is 12.6 Å². The van der Waals surface area contributed by atoms with Crippen LogP contribution in [0.4, 0.5) is 0 Å². The number of amides is 2. The molecule has 1 saturated carbocycles. The molecule has 17 heavy (non-hydrogen) atoms. The second-order valence-corrected chi connectivity index (χ2v) is 4.72. The molecule has 1 atom stereocenters. The molecule has 0 saturated heterocycles. The van der Waals surface area contributed by atoms with Crippen LogP contribution < -0.4 is 11.1 Å². The number of likely N-dealkylation sites (N-methyl/N-ethyl adjacent to an activating group) is 1. The van der Waals surface area contributed by atoms with E-state index in [-0.39, 0.29) is 36.7 Å². The predicted octanol–water partition coefficient (Wildman–Crippen LogP) is 0.128. The number of rotatable bonds is 5. The van der Waals surface area contributed by atoms with Gasteiger partial charge in [-0.1, -0.05) is 13.8 Å². The lowest BCUT2D eigenvalue weighted by molar-refractivity contribution is -0.132. The van der Waals surface area contributed by atoms with Crippen molar-refractivity contribution in [1.29, 1.82) is 0 Å². The highest BCUT2D eigenvalue weighted by Gasteiger charge is 2.29. The standard InChI is InChI=1S/C11H21N3O2.ClH/c1-7(2)10(12)11(16)13-6-9(15)14(3)8-4-5-8;/h7-8,10H,4-6,12H2,1-3H3,(H,13,16);1H/t10-;/m0./s1. The van der Waals surface area contributed by atoms with Crippen LogP contribution in [-0.2, 0) is 9.59 Å². The summed E-state index contributed by atoms with van der Waals surface area (Å²) in [6.07, 6.45) is 2.14. The second-order valence-electron chi connectivity index (χ2n) is 4.72. The van der Waals surface area contributed by atoms with Crippen molar-refractivity contribution < 1.29 is 9.59 Å². The third-order valence-corrected chi connectivity index (χ3v) is 2.92. The van der Waals surface area contributed by atoms with Gasteiger partial charge >= 0.3 is 0 Å². The molecule has 0 unspecified atom stereocenters. The Labute approximate surface area is 109 Å². The molecule has 0 aromatic rings. The third-order valence-electron chi connectivity index (χ3n) is 2.92. The molecule has 0 radical (unpaired) electrons. The first-order valence-electron chi connectivity index (χ1n) is 5.72. The highest BCUT2D eigenvalue weighted by molar-refractivity contribution is 5.87. The van der Waals surface area contributed by atoms with Gasteiger partial charge < -0.3 is 16.0 Å². The fourth-order valence-electron chi connectivity index (χ4n) is 1.37. The molecule has 0 heterocycles. The van der Waals surface area contributed by atoms with E-state index in [9.17, 15) is 9.59 Å². The summed E-state index contributed by atoms with van der Waals surface area (Å²) in [7, 11) is 1.77. The Morgan fingerprint density at radius 2 is 1.94 bits per heavy atom. The van der Waals surface area contributed by atoms with Crippen molar-refractivity contribution in [1.82, 2.24) is 10.2 Å². The van der Waals surface area contributed by atoms with Gasteiger partial charge in [0, 0.05) is 13.1 Å². The molecule has 6 heteroatoms. The number of hydrogen-bond donors (Lipinski definition) is 2. The van der Waals surface area contributed by atoms with Crippen LogP contribution in [0.1, 0.15) is 26.7 Å². The molecule has 2 amide bonds. The van der Waals surface area contributed by atoms with E-state index in [4.69, 9.17) is 5.73 Å². The summed E-state index contributed by atoms with van der Waals surface area (Å²) in [5, 5.41) is 2.57. The Balaban J connectivity index is 0.00000256. The first-order chi connectivity index (χ1) is 7.43. The number of nitrogens with one attached hydrogen (secondary N) is 1. The zero-order chi connectivity index (χ0) is 12.3. The van der Waals surface area contributed by atoms with Crippen LogP contribution in [0.2, 0.25) is 0 Å². The lowest BCUT2D eigenvalue weighted by Gasteiger charge is -2.18. The SMILES string of the molecule is CC(C)[C@H](N)C(=O)NCC(=O)N(C)C1CC1.Cl. The van der Waals surface area contributed by atoms with Crippen molar-refractivity contribution in [3.63, 3.8) is 0 Å². The van der Waals surface area contributed by atoms with Gasteiger partial charge in [-0.15, -0.1) is 12.4 Å². The molecule has 1 aliphatic rings. The molecule has 1 rings (SSSR count). The van der Waals surface area contributed by atoms with Gasteiger partial charge in [0.1, 0.15) is 0 Å². The van der Waals surface area contributed by atoms with Crippen LogP contribution in [0.3, 0.4) is 0 Å². The monoisotopic (exact) mass is 263 g/mol. The second kappa shape index (κ2) is 6.81. The van der Waals surface area contributed by atoms with Crippen LogP contribution in [0.15, 0.2) is 0 Å². The fraction of sp³-hybridized carbons (Fsp3) is 0.818. The van der Waals surface area contributed by atoms with Crippen molar-refractivity contribution in [3.8, 4) is 0 Å². The summed E-state index contributed by atoms with van der Waals surface area (Å²) in [5.41, 5.74) is 5.66. The molecule has 3 N–H and O–H groups in total. The lowest BCUT2D eigenvalue weighted by Crippen LogP contribution is -2.47. The third kappa shape index (κ3) is 4.91. The lowest BCUT2D eigenvalue weighted by atomic mass is 10.1. The van der Waals surface area contributed by atoms with E-state index in [1.54, 1.807) is 11.9 Å². The number of carbonyl (C=O) groups excluding carboxylic acids is 2. The van der Waals surface area contributed by atoms with Crippen molar-refractivity contribution in [2.24, 2.45) is 11.7 Å². The topological polar surface area (TPSA) is 75.4 Å². The van der Waals surface area contributed by atoms with Gasteiger partial charge in [-0.05, 0) is 18.8 Å². The summed E-state index contributed by atoms with van der Waals surface area (Å²) in [6.45, 7) is 3.80. The average Bonchev–Trinajstić information content (AvgIpc) is 3.06. The summed E-state index contributed by atoms with van der Waals surface area (Å²) >= 11 is 0. The molecule has 100 valence electrons. The van der Waals surface area contributed by atoms with Crippen LogP contribution >= 0.6 is 12.4 Å². The Morgan fingerprint density at radius 3 is 2.35 bits per heavy atom. The van der Waals surface area contributed by atoms with E-state index in [0.29, 0.717) is 6.04 Å². The largest absolute Gasteiger partial charge is 0.346 e. The van der Waals surface area contributed by atoms with Crippen molar-refractivity contribution in [2.45, 2.75) is 38.8 Å². The normalized spacial score (nSPS) is 16.1. The Hall–Kier alpha value is -0.810. The summed E-state index contributed by atoms with van der Waals surface area (Å²) < 4.78 is 0. The molecule has 1 aliphatic carbocycles. The van der Waals surface area contributed by atoms with E-state index in [1.165, 1.54) is 0 Å². The fourth-order valence-corrected chi connectivity index (χ4v) is 1.37. The van der Waals surface area contributed by atoms with E-state index >= 15 is 0 Å². The van der Waals surface area contributed by atoms with Crippen molar-refractivity contribution in [2.75, 3.05) is 13.6 Å². The van der Waals surface area contributed by atoms with Crippen LogP contribution in [0.25, 0.3) is 0 Å². The van der Waals surface area contributed by atoms with E-state index < -0.39 is 6.04 Å². The van der Waals surface area contributed by atoms with Gasteiger partial charge in [-0.3, -0.25) is 9.59 Å². The Morgan fingerprint density at radius 1 is 1.41 bits per heavy atom. The van der Waals surface area contributed by atoms with Crippen molar-refractivity contribution in [3.05, 3.63) is 0 Å². The number of carbonyl (C=O) groups is 2. The zero-order valence-electron chi connectivity index (χ0n) is 10.6. The van der Waals surface area contributed by atoms with E-state index in [1.807, 2.05) is 13.8 Å².